The molecule has 1 saturated heterocycles. The second-order valence-electron chi connectivity index (χ2n) is 7.21. The molecule has 0 amide bonds. The van der Waals surface area contributed by atoms with Gasteiger partial charge in [0.15, 0.2) is 5.96 Å². The third-order valence-electron chi connectivity index (χ3n) is 5.16. The normalized spacial score (nSPS) is 15.6. The van der Waals surface area contributed by atoms with E-state index in [1.54, 1.807) is 12.5 Å². The maximum absolute atomic E-state index is 4.92. The third kappa shape index (κ3) is 5.23. The Kier molecular flexibility index (Phi) is 6.21. The van der Waals surface area contributed by atoms with Gasteiger partial charge < -0.3 is 19.3 Å². The lowest BCUT2D eigenvalue weighted by Gasteiger charge is -2.36. The summed E-state index contributed by atoms with van der Waals surface area (Å²) < 4.78 is 6.99. The van der Waals surface area contributed by atoms with E-state index in [0.717, 1.165) is 57.5 Å². The second kappa shape index (κ2) is 9.38. The van der Waals surface area contributed by atoms with Crippen molar-refractivity contribution in [2.75, 3.05) is 33.2 Å². The summed E-state index contributed by atoms with van der Waals surface area (Å²) in [5.41, 5.74) is 3.49. The average molecular weight is 393 g/mol. The predicted molar refractivity (Wildman–Crippen MR) is 111 cm³/mol. The number of benzene rings is 1. The number of nitrogens with zero attached hydrogens (tertiary/aromatic N) is 6. The van der Waals surface area contributed by atoms with Crippen molar-refractivity contribution in [1.82, 2.24) is 29.8 Å². The molecule has 29 heavy (non-hydrogen) atoms. The predicted octanol–water partition coefficient (Wildman–Crippen LogP) is 1.81. The quantitative estimate of drug-likeness (QED) is 0.509. The minimum atomic E-state index is 0.761. The van der Waals surface area contributed by atoms with E-state index in [1.807, 2.05) is 25.6 Å². The van der Waals surface area contributed by atoms with Crippen LogP contribution in [0.1, 0.15) is 16.8 Å². The van der Waals surface area contributed by atoms with Crippen molar-refractivity contribution in [2.24, 2.45) is 4.99 Å². The summed E-state index contributed by atoms with van der Waals surface area (Å²) in [5.74, 6) is 0.952. The Labute approximate surface area is 170 Å². The molecule has 0 saturated carbocycles. The van der Waals surface area contributed by atoms with Gasteiger partial charge in [-0.2, -0.15) is 0 Å². The molecule has 0 spiro atoms. The molecule has 152 valence electrons. The van der Waals surface area contributed by atoms with Crippen molar-refractivity contribution < 1.29 is 4.52 Å². The summed E-state index contributed by atoms with van der Waals surface area (Å²) in [7, 11) is 1.85. The monoisotopic (exact) mass is 393 g/mol. The van der Waals surface area contributed by atoms with Crippen molar-refractivity contribution in [1.29, 1.82) is 0 Å². The van der Waals surface area contributed by atoms with Crippen LogP contribution in [-0.2, 0) is 19.6 Å². The van der Waals surface area contributed by atoms with Crippen LogP contribution in [0.25, 0.3) is 0 Å². The molecule has 1 aliphatic rings. The number of aromatic nitrogens is 3. The molecule has 1 fully saturated rings. The largest absolute Gasteiger partial charge is 0.364 e. The number of piperazine rings is 1. The molecule has 8 heteroatoms. The average Bonchev–Trinajstić information content (AvgIpc) is 3.45. The van der Waals surface area contributed by atoms with Crippen LogP contribution in [0, 0.1) is 0 Å². The minimum Gasteiger partial charge on any atom is -0.364 e. The molecule has 8 nitrogen and oxygen atoms in total. The summed E-state index contributed by atoms with van der Waals surface area (Å²) in [4.78, 5) is 13.3. The van der Waals surface area contributed by atoms with E-state index in [-0.39, 0.29) is 0 Å². The molecule has 0 radical (unpaired) electrons. The molecule has 0 aliphatic carbocycles. The first-order valence-corrected chi connectivity index (χ1v) is 9.91. The Morgan fingerprint density at radius 1 is 1.07 bits per heavy atom. The van der Waals surface area contributed by atoms with Gasteiger partial charge in [-0.05, 0) is 11.1 Å². The van der Waals surface area contributed by atoms with E-state index >= 15 is 0 Å². The number of nitrogens with one attached hydrogen (secondary N) is 1. The summed E-state index contributed by atoms with van der Waals surface area (Å²) in [5, 5.41) is 7.50. The molecule has 0 bridgehead atoms. The first kappa shape index (κ1) is 19.2. The summed E-state index contributed by atoms with van der Waals surface area (Å²) in [6, 6.07) is 10.6. The van der Waals surface area contributed by atoms with Crippen LogP contribution in [0.2, 0.25) is 0 Å². The fraction of sp³-hybridized carbons (Fsp3) is 0.381. The summed E-state index contributed by atoms with van der Waals surface area (Å²) in [6.07, 6.45) is 7.25. The molecule has 0 unspecified atom stereocenters. The van der Waals surface area contributed by atoms with Gasteiger partial charge >= 0.3 is 0 Å². The van der Waals surface area contributed by atoms with Crippen molar-refractivity contribution in [3.05, 3.63) is 72.1 Å². The van der Waals surface area contributed by atoms with Crippen LogP contribution in [-0.4, -0.2) is 63.7 Å². The van der Waals surface area contributed by atoms with Gasteiger partial charge in [-0.25, -0.2) is 4.98 Å². The number of hydrogen-bond donors (Lipinski definition) is 1. The number of aliphatic imine (C=N–C) groups is 1. The number of hydrogen-bond acceptors (Lipinski definition) is 5. The van der Waals surface area contributed by atoms with Gasteiger partial charge in [-0.3, -0.25) is 9.89 Å². The summed E-state index contributed by atoms with van der Waals surface area (Å²) >= 11 is 0. The fourth-order valence-corrected chi connectivity index (χ4v) is 3.53. The van der Waals surface area contributed by atoms with Crippen LogP contribution in [0.3, 0.4) is 0 Å². The molecule has 1 N–H and O–H groups in total. The number of guanidine groups is 1. The highest BCUT2D eigenvalue weighted by molar-refractivity contribution is 5.80. The smallest absolute Gasteiger partial charge is 0.194 e. The fourth-order valence-electron chi connectivity index (χ4n) is 3.53. The minimum absolute atomic E-state index is 0.761. The van der Waals surface area contributed by atoms with E-state index in [9.17, 15) is 0 Å². The standard InChI is InChI=1S/C21H27N7O/c1-22-21(28-11-9-26(10-12-28)16-20-6-13-29-25-20)24-14-18-2-4-19(5-3-18)15-27-8-7-23-17-27/h2-8,13,17H,9-12,14-16H2,1H3,(H,22,24). The van der Waals surface area contributed by atoms with Crippen molar-refractivity contribution >= 4 is 5.96 Å². The van der Waals surface area contributed by atoms with E-state index in [2.05, 4.69) is 59.1 Å². The third-order valence-corrected chi connectivity index (χ3v) is 5.16. The van der Waals surface area contributed by atoms with Gasteiger partial charge in [0.05, 0.1) is 12.0 Å². The van der Waals surface area contributed by atoms with E-state index in [1.165, 1.54) is 11.1 Å². The molecule has 0 atom stereocenters. The molecular weight excluding hydrogens is 366 g/mol. The molecule has 3 heterocycles. The first-order chi connectivity index (χ1) is 14.3. The van der Waals surface area contributed by atoms with Crippen LogP contribution in [0.4, 0.5) is 0 Å². The highest BCUT2D eigenvalue weighted by atomic mass is 16.5. The Balaban J connectivity index is 1.24. The van der Waals surface area contributed by atoms with Gasteiger partial charge in [0.25, 0.3) is 0 Å². The van der Waals surface area contributed by atoms with Gasteiger partial charge in [0.2, 0.25) is 0 Å². The lowest BCUT2D eigenvalue weighted by Crippen LogP contribution is -2.52. The van der Waals surface area contributed by atoms with Gasteiger partial charge in [0.1, 0.15) is 6.26 Å². The Morgan fingerprint density at radius 2 is 1.86 bits per heavy atom. The Morgan fingerprint density at radius 3 is 2.52 bits per heavy atom. The lowest BCUT2D eigenvalue weighted by atomic mass is 10.1. The lowest BCUT2D eigenvalue weighted by molar-refractivity contribution is 0.169. The van der Waals surface area contributed by atoms with Crippen LogP contribution < -0.4 is 5.32 Å². The van der Waals surface area contributed by atoms with Crippen LogP contribution in [0.5, 0.6) is 0 Å². The maximum Gasteiger partial charge on any atom is 0.194 e. The van der Waals surface area contributed by atoms with Gasteiger partial charge in [0, 0.05) is 71.3 Å². The van der Waals surface area contributed by atoms with Crippen molar-refractivity contribution in [3.63, 3.8) is 0 Å². The molecular formula is C21H27N7O. The SMILES string of the molecule is CN=C(NCc1ccc(Cn2ccnc2)cc1)N1CCN(Cc2ccon2)CC1. The highest BCUT2D eigenvalue weighted by Crippen LogP contribution is 2.09. The molecule has 1 aromatic carbocycles. The molecule has 4 rings (SSSR count). The van der Waals surface area contributed by atoms with Gasteiger partial charge in [-0.1, -0.05) is 29.4 Å². The highest BCUT2D eigenvalue weighted by Gasteiger charge is 2.20. The first-order valence-electron chi connectivity index (χ1n) is 9.91. The zero-order chi connectivity index (χ0) is 19.9. The zero-order valence-electron chi connectivity index (χ0n) is 16.7. The molecule has 3 aromatic rings. The van der Waals surface area contributed by atoms with E-state index < -0.39 is 0 Å². The van der Waals surface area contributed by atoms with E-state index in [4.69, 9.17) is 4.52 Å². The second-order valence-corrected chi connectivity index (χ2v) is 7.21. The Bertz CT molecular complexity index is 880. The van der Waals surface area contributed by atoms with Crippen molar-refractivity contribution in [3.8, 4) is 0 Å². The van der Waals surface area contributed by atoms with Crippen LogP contribution in [0.15, 0.2) is 64.8 Å². The van der Waals surface area contributed by atoms with Crippen LogP contribution >= 0.6 is 0 Å². The van der Waals surface area contributed by atoms with Crippen molar-refractivity contribution in [2.45, 2.75) is 19.6 Å². The summed E-state index contributed by atoms with van der Waals surface area (Å²) in [6.45, 7) is 6.29. The molecule has 2 aromatic heterocycles. The topological polar surface area (TPSA) is 74.7 Å². The molecule has 1 aliphatic heterocycles. The number of rotatable bonds is 6. The van der Waals surface area contributed by atoms with E-state index in [0.29, 0.717) is 0 Å². The van der Waals surface area contributed by atoms with Gasteiger partial charge in [-0.15, -0.1) is 0 Å². The Hall–Kier alpha value is -3.13. The zero-order valence-corrected chi connectivity index (χ0v) is 16.7. The number of imidazole rings is 1. The maximum atomic E-state index is 4.92.